The van der Waals surface area contributed by atoms with Crippen molar-refractivity contribution in [2.24, 2.45) is 0 Å². The van der Waals surface area contributed by atoms with E-state index in [-0.39, 0.29) is 17.6 Å². The molecule has 7 heteroatoms. The summed E-state index contributed by atoms with van der Waals surface area (Å²) in [4.78, 5) is 27.0. The first-order chi connectivity index (χ1) is 12.8. The zero-order chi connectivity index (χ0) is 19.6. The minimum Gasteiger partial charge on any atom is -0.324 e. The summed E-state index contributed by atoms with van der Waals surface area (Å²) in [6.45, 7) is 3.57. The Hall–Kier alpha value is -2.51. The Bertz CT molecular complexity index is 941. The molecule has 1 N–H and O–H groups in total. The van der Waals surface area contributed by atoms with Crippen LogP contribution in [-0.2, 0) is 9.59 Å². The lowest BCUT2D eigenvalue weighted by molar-refractivity contribution is -0.129. The highest BCUT2D eigenvalue weighted by molar-refractivity contribution is 8.26. The monoisotopic (exact) mass is 400 g/mol. The van der Waals surface area contributed by atoms with Crippen molar-refractivity contribution in [2.45, 2.75) is 19.9 Å². The molecule has 4 nitrogen and oxygen atoms in total. The van der Waals surface area contributed by atoms with Gasteiger partial charge >= 0.3 is 0 Å². The van der Waals surface area contributed by atoms with Crippen LogP contribution >= 0.6 is 24.0 Å². The van der Waals surface area contributed by atoms with E-state index in [2.05, 4.69) is 5.32 Å². The molecule has 0 aliphatic carbocycles. The summed E-state index contributed by atoms with van der Waals surface area (Å²) in [5.74, 6) is -0.998. The van der Waals surface area contributed by atoms with Crippen molar-refractivity contribution >= 4 is 51.9 Å². The quantitative estimate of drug-likeness (QED) is 0.612. The van der Waals surface area contributed by atoms with Gasteiger partial charge in [-0.3, -0.25) is 14.5 Å². The van der Waals surface area contributed by atoms with Gasteiger partial charge in [-0.2, -0.15) is 0 Å². The number of anilines is 1. The minimum absolute atomic E-state index is 0.320. The maximum atomic E-state index is 13.0. The Morgan fingerprint density at radius 3 is 2.63 bits per heavy atom. The number of nitrogens with one attached hydrogen (secondary N) is 1. The molecule has 27 heavy (non-hydrogen) atoms. The van der Waals surface area contributed by atoms with Gasteiger partial charge in [-0.1, -0.05) is 48.2 Å². The highest BCUT2D eigenvalue weighted by Gasteiger charge is 2.38. The van der Waals surface area contributed by atoms with E-state index < -0.39 is 6.04 Å². The molecule has 2 aromatic rings. The normalized spacial score (nSPS) is 16.7. The fourth-order valence-electron chi connectivity index (χ4n) is 2.61. The lowest BCUT2D eigenvalue weighted by Crippen LogP contribution is -2.44. The van der Waals surface area contributed by atoms with Gasteiger partial charge in [0.25, 0.3) is 5.91 Å². The molecule has 2 amide bonds. The van der Waals surface area contributed by atoms with E-state index in [4.69, 9.17) is 12.2 Å². The Balaban J connectivity index is 1.75. The highest BCUT2D eigenvalue weighted by Crippen LogP contribution is 2.34. The SMILES string of the molecule is Cc1cccc(NC(=O)C(C)N2C(=O)/C(=C/c3ccc(F)cc3)SC2=S)c1. The molecule has 0 aromatic heterocycles. The largest absolute Gasteiger partial charge is 0.324 e. The Morgan fingerprint density at radius 1 is 1.26 bits per heavy atom. The van der Waals surface area contributed by atoms with Crippen LogP contribution in [0, 0.1) is 12.7 Å². The number of benzene rings is 2. The molecule has 1 atom stereocenters. The van der Waals surface area contributed by atoms with E-state index in [1.807, 2.05) is 25.1 Å². The lowest BCUT2D eigenvalue weighted by atomic mass is 10.2. The molecule has 1 aliphatic heterocycles. The van der Waals surface area contributed by atoms with Gasteiger partial charge in [0.1, 0.15) is 16.2 Å². The fourth-order valence-corrected chi connectivity index (χ4v) is 4.03. The van der Waals surface area contributed by atoms with Crippen molar-refractivity contribution < 1.29 is 14.0 Å². The van der Waals surface area contributed by atoms with Crippen molar-refractivity contribution in [3.05, 3.63) is 70.4 Å². The lowest BCUT2D eigenvalue weighted by Gasteiger charge is -2.22. The molecule has 2 aromatic carbocycles. The first kappa shape index (κ1) is 19.3. The Kier molecular flexibility index (Phi) is 5.72. The summed E-state index contributed by atoms with van der Waals surface area (Å²) >= 11 is 6.43. The van der Waals surface area contributed by atoms with Crippen LogP contribution in [0.1, 0.15) is 18.1 Å². The molecule has 1 saturated heterocycles. The summed E-state index contributed by atoms with van der Waals surface area (Å²) in [5.41, 5.74) is 2.38. The van der Waals surface area contributed by atoms with Crippen molar-refractivity contribution in [1.29, 1.82) is 0 Å². The number of halogens is 1. The molecule has 0 bridgehead atoms. The van der Waals surface area contributed by atoms with E-state index in [0.717, 1.165) is 17.3 Å². The van der Waals surface area contributed by atoms with Crippen LogP contribution in [0.2, 0.25) is 0 Å². The summed E-state index contributed by atoms with van der Waals surface area (Å²) in [7, 11) is 0. The van der Waals surface area contributed by atoms with Crippen LogP contribution in [0.3, 0.4) is 0 Å². The van der Waals surface area contributed by atoms with Crippen LogP contribution < -0.4 is 5.32 Å². The molecule has 138 valence electrons. The average molecular weight is 401 g/mol. The van der Waals surface area contributed by atoms with Crippen LogP contribution in [0.15, 0.2) is 53.4 Å². The molecular formula is C20H17FN2O2S2. The van der Waals surface area contributed by atoms with Crippen molar-refractivity contribution in [3.63, 3.8) is 0 Å². The number of thioether (sulfide) groups is 1. The third-order valence-electron chi connectivity index (χ3n) is 4.04. The van der Waals surface area contributed by atoms with Crippen LogP contribution in [0.25, 0.3) is 6.08 Å². The number of nitrogens with zero attached hydrogens (tertiary/aromatic N) is 1. The fraction of sp³-hybridized carbons (Fsp3) is 0.150. The van der Waals surface area contributed by atoms with E-state index in [1.165, 1.54) is 17.0 Å². The topological polar surface area (TPSA) is 49.4 Å². The second-order valence-electron chi connectivity index (χ2n) is 6.14. The zero-order valence-electron chi connectivity index (χ0n) is 14.7. The Labute approximate surface area is 166 Å². The average Bonchev–Trinajstić information content (AvgIpc) is 2.90. The molecule has 1 fully saturated rings. The van der Waals surface area contributed by atoms with Gasteiger partial charge in [0.15, 0.2) is 0 Å². The van der Waals surface area contributed by atoms with Gasteiger partial charge < -0.3 is 5.32 Å². The molecule has 1 aliphatic rings. The van der Waals surface area contributed by atoms with E-state index in [1.54, 1.807) is 31.2 Å². The van der Waals surface area contributed by atoms with E-state index >= 15 is 0 Å². The van der Waals surface area contributed by atoms with Gasteiger partial charge in [-0.05, 0) is 55.3 Å². The number of aryl methyl sites for hydroxylation is 1. The molecular weight excluding hydrogens is 383 g/mol. The summed E-state index contributed by atoms with van der Waals surface area (Å²) in [5, 5.41) is 2.81. The molecule has 3 rings (SSSR count). The minimum atomic E-state index is -0.753. The number of thiocarbonyl (C=S) groups is 1. The second-order valence-corrected chi connectivity index (χ2v) is 7.81. The summed E-state index contributed by atoms with van der Waals surface area (Å²) in [6, 6.07) is 12.5. The van der Waals surface area contributed by atoms with Crippen molar-refractivity contribution in [2.75, 3.05) is 5.32 Å². The molecule has 1 heterocycles. The van der Waals surface area contributed by atoms with Crippen molar-refractivity contribution in [1.82, 2.24) is 4.90 Å². The van der Waals surface area contributed by atoms with E-state index in [0.29, 0.717) is 20.5 Å². The maximum absolute atomic E-state index is 13.0. The zero-order valence-corrected chi connectivity index (χ0v) is 16.4. The van der Waals surface area contributed by atoms with Gasteiger partial charge in [0, 0.05) is 5.69 Å². The number of amides is 2. The van der Waals surface area contributed by atoms with Crippen LogP contribution in [0.5, 0.6) is 0 Å². The smallest absolute Gasteiger partial charge is 0.266 e. The number of hydrogen-bond acceptors (Lipinski definition) is 4. The summed E-state index contributed by atoms with van der Waals surface area (Å²) < 4.78 is 13.4. The first-order valence-electron chi connectivity index (χ1n) is 8.25. The predicted molar refractivity (Wildman–Crippen MR) is 111 cm³/mol. The number of carbonyl (C=O) groups is 2. The second kappa shape index (κ2) is 8.02. The van der Waals surface area contributed by atoms with Gasteiger partial charge in [0.2, 0.25) is 5.91 Å². The van der Waals surface area contributed by atoms with Crippen molar-refractivity contribution in [3.8, 4) is 0 Å². The number of carbonyl (C=O) groups excluding carboxylic acids is 2. The summed E-state index contributed by atoms with van der Waals surface area (Å²) in [6.07, 6.45) is 1.64. The molecule has 1 unspecified atom stereocenters. The van der Waals surface area contributed by atoms with Gasteiger partial charge in [0.05, 0.1) is 4.91 Å². The van der Waals surface area contributed by atoms with Crippen LogP contribution in [-0.4, -0.2) is 27.1 Å². The van der Waals surface area contributed by atoms with Gasteiger partial charge in [-0.15, -0.1) is 0 Å². The molecule has 0 radical (unpaired) electrons. The molecule has 0 saturated carbocycles. The highest BCUT2D eigenvalue weighted by atomic mass is 32.2. The maximum Gasteiger partial charge on any atom is 0.266 e. The third kappa shape index (κ3) is 4.43. The van der Waals surface area contributed by atoms with E-state index in [9.17, 15) is 14.0 Å². The standard InChI is InChI=1S/C20H17FN2O2S2/c1-12-4-3-5-16(10-12)22-18(24)13(2)23-19(25)17(27-20(23)26)11-14-6-8-15(21)9-7-14/h3-11,13H,1-2H3,(H,22,24)/b17-11-. The number of rotatable bonds is 4. The third-order valence-corrected chi connectivity index (χ3v) is 5.37. The first-order valence-corrected chi connectivity index (χ1v) is 9.48. The van der Waals surface area contributed by atoms with Gasteiger partial charge in [-0.25, -0.2) is 4.39 Å². The Morgan fingerprint density at radius 2 is 1.96 bits per heavy atom. The number of hydrogen-bond donors (Lipinski definition) is 1. The van der Waals surface area contributed by atoms with Crippen LogP contribution in [0.4, 0.5) is 10.1 Å². The molecule has 0 spiro atoms. The predicted octanol–water partition coefficient (Wildman–Crippen LogP) is 4.36.